The van der Waals surface area contributed by atoms with E-state index in [9.17, 15) is 9.59 Å². The molecule has 2 amide bonds. The fourth-order valence-electron chi connectivity index (χ4n) is 2.44. The number of carbonyl (C=O) groups is 2. The first-order chi connectivity index (χ1) is 12.1. The Kier molecular flexibility index (Phi) is 5.33. The molecule has 0 saturated heterocycles. The van der Waals surface area contributed by atoms with E-state index < -0.39 is 0 Å². The summed E-state index contributed by atoms with van der Waals surface area (Å²) >= 11 is 0. The molecule has 1 saturated carbocycles. The number of ether oxygens (including phenoxy) is 1. The summed E-state index contributed by atoms with van der Waals surface area (Å²) in [5, 5.41) is 2.88. The Hall–Kier alpha value is -2.82. The molecule has 2 aromatic rings. The Morgan fingerprint density at radius 1 is 1.08 bits per heavy atom. The second-order valence-corrected chi connectivity index (χ2v) is 6.30. The van der Waals surface area contributed by atoms with Crippen molar-refractivity contribution in [3.63, 3.8) is 0 Å². The Balaban J connectivity index is 1.51. The molecular weight excluding hydrogens is 316 g/mol. The number of benzene rings is 2. The number of carbonyl (C=O) groups excluding carboxylic acids is 2. The van der Waals surface area contributed by atoms with E-state index >= 15 is 0 Å². The summed E-state index contributed by atoms with van der Waals surface area (Å²) in [7, 11) is 1.63. The van der Waals surface area contributed by atoms with Crippen LogP contribution in [0.5, 0.6) is 5.75 Å². The lowest BCUT2D eigenvalue weighted by Crippen LogP contribution is -2.39. The third kappa shape index (κ3) is 5.08. The zero-order valence-electron chi connectivity index (χ0n) is 14.3. The number of amides is 2. The quantitative estimate of drug-likeness (QED) is 0.844. The van der Waals surface area contributed by atoms with Crippen molar-refractivity contribution in [1.29, 1.82) is 0 Å². The molecule has 0 aromatic heterocycles. The molecule has 5 nitrogen and oxygen atoms in total. The van der Waals surface area contributed by atoms with Crippen LogP contribution in [-0.2, 0) is 11.4 Å². The molecule has 2 aromatic carbocycles. The van der Waals surface area contributed by atoms with Crippen LogP contribution in [0.15, 0.2) is 54.6 Å². The summed E-state index contributed by atoms with van der Waals surface area (Å²) in [6.45, 7) is 0.553. The molecule has 0 bridgehead atoms. The van der Waals surface area contributed by atoms with Gasteiger partial charge in [0.2, 0.25) is 5.91 Å². The fraction of sp³-hybridized carbons (Fsp3) is 0.300. The first-order valence-electron chi connectivity index (χ1n) is 8.43. The van der Waals surface area contributed by atoms with Gasteiger partial charge < -0.3 is 15.0 Å². The zero-order valence-corrected chi connectivity index (χ0v) is 14.3. The van der Waals surface area contributed by atoms with Gasteiger partial charge in [-0.15, -0.1) is 0 Å². The summed E-state index contributed by atoms with van der Waals surface area (Å²) in [5.41, 5.74) is 1.62. The van der Waals surface area contributed by atoms with Gasteiger partial charge in [0.05, 0.1) is 6.54 Å². The lowest BCUT2D eigenvalue weighted by molar-refractivity contribution is -0.121. The average Bonchev–Trinajstić information content (AvgIpc) is 3.44. The summed E-state index contributed by atoms with van der Waals surface area (Å²) in [5.74, 6) is 0.413. The van der Waals surface area contributed by atoms with Crippen LogP contribution in [0, 0.1) is 0 Å². The van der Waals surface area contributed by atoms with E-state index in [0.717, 1.165) is 18.4 Å². The lowest BCUT2D eigenvalue weighted by atomic mass is 10.2. The molecule has 1 N–H and O–H groups in total. The maximum Gasteiger partial charge on any atom is 0.254 e. The minimum Gasteiger partial charge on any atom is -0.489 e. The highest BCUT2D eigenvalue weighted by molar-refractivity contribution is 5.96. The third-order valence-corrected chi connectivity index (χ3v) is 4.02. The summed E-state index contributed by atoms with van der Waals surface area (Å²) in [6, 6.07) is 17.2. The van der Waals surface area contributed by atoms with E-state index in [1.165, 1.54) is 4.90 Å². The monoisotopic (exact) mass is 338 g/mol. The van der Waals surface area contributed by atoms with Crippen LogP contribution in [0.3, 0.4) is 0 Å². The molecule has 1 aliphatic carbocycles. The molecule has 1 fully saturated rings. The first kappa shape index (κ1) is 17.0. The highest BCUT2D eigenvalue weighted by atomic mass is 16.5. The maximum absolute atomic E-state index is 12.4. The molecule has 0 atom stereocenters. The minimum absolute atomic E-state index is 0.0710. The van der Waals surface area contributed by atoms with E-state index in [-0.39, 0.29) is 18.4 Å². The highest BCUT2D eigenvalue weighted by Crippen LogP contribution is 2.18. The standard InChI is InChI=1S/C20H22N2O3/c1-22(13-19(23)21-17-9-10-17)20(24)16-7-11-18(12-8-16)25-14-15-5-3-2-4-6-15/h2-8,11-12,17H,9-10,13-14H2,1H3,(H,21,23). The van der Waals surface area contributed by atoms with Gasteiger partial charge in [0, 0.05) is 18.7 Å². The molecule has 0 radical (unpaired) electrons. The average molecular weight is 338 g/mol. The molecule has 3 rings (SSSR count). The zero-order chi connectivity index (χ0) is 17.6. The van der Waals surface area contributed by atoms with Crippen LogP contribution >= 0.6 is 0 Å². The van der Waals surface area contributed by atoms with E-state index in [4.69, 9.17) is 4.74 Å². The van der Waals surface area contributed by atoms with Crippen LogP contribution in [0.25, 0.3) is 0 Å². The van der Waals surface area contributed by atoms with E-state index in [0.29, 0.717) is 24.0 Å². The van der Waals surface area contributed by atoms with Crippen molar-refractivity contribution in [2.45, 2.75) is 25.5 Å². The van der Waals surface area contributed by atoms with Gasteiger partial charge in [-0.3, -0.25) is 9.59 Å². The molecular formula is C20H22N2O3. The van der Waals surface area contributed by atoms with E-state index in [2.05, 4.69) is 5.32 Å². The predicted molar refractivity (Wildman–Crippen MR) is 95.3 cm³/mol. The largest absolute Gasteiger partial charge is 0.489 e. The van der Waals surface area contributed by atoms with Gasteiger partial charge in [-0.1, -0.05) is 30.3 Å². The molecule has 130 valence electrons. The maximum atomic E-state index is 12.4. The fourth-order valence-corrected chi connectivity index (χ4v) is 2.44. The molecule has 1 aliphatic rings. The normalized spacial score (nSPS) is 13.2. The van der Waals surface area contributed by atoms with Crippen LogP contribution in [0.1, 0.15) is 28.8 Å². The second kappa shape index (κ2) is 7.83. The number of hydrogen-bond donors (Lipinski definition) is 1. The van der Waals surface area contributed by atoms with Crippen molar-refractivity contribution in [3.8, 4) is 5.75 Å². The van der Waals surface area contributed by atoms with Crippen molar-refractivity contribution in [1.82, 2.24) is 10.2 Å². The van der Waals surface area contributed by atoms with Crippen LogP contribution in [0.4, 0.5) is 0 Å². The van der Waals surface area contributed by atoms with Gasteiger partial charge in [-0.25, -0.2) is 0 Å². The van der Waals surface area contributed by atoms with Crippen molar-refractivity contribution in [2.24, 2.45) is 0 Å². The first-order valence-corrected chi connectivity index (χ1v) is 8.43. The SMILES string of the molecule is CN(CC(=O)NC1CC1)C(=O)c1ccc(OCc2ccccc2)cc1. The van der Waals surface area contributed by atoms with Gasteiger partial charge in [-0.05, 0) is 42.7 Å². The van der Waals surface area contributed by atoms with Crippen LogP contribution < -0.4 is 10.1 Å². The van der Waals surface area contributed by atoms with Gasteiger partial charge in [0.15, 0.2) is 0 Å². The van der Waals surface area contributed by atoms with Gasteiger partial charge in [0.1, 0.15) is 12.4 Å². The Morgan fingerprint density at radius 3 is 2.40 bits per heavy atom. The van der Waals surface area contributed by atoms with Crippen molar-refractivity contribution in [2.75, 3.05) is 13.6 Å². The molecule has 0 spiro atoms. The summed E-state index contributed by atoms with van der Waals surface area (Å²) in [4.78, 5) is 25.6. The Morgan fingerprint density at radius 2 is 1.76 bits per heavy atom. The molecule has 25 heavy (non-hydrogen) atoms. The number of hydrogen-bond acceptors (Lipinski definition) is 3. The number of nitrogens with one attached hydrogen (secondary N) is 1. The molecule has 0 heterocycles. The van der Waals surface area contributed by atoms with Gasteiger partial charge in [-0.2, -0.15) is 0 Å². The molecule has 5 heteroatoms. The van der Waals surface area contributed by atoms with Crippen molar-refractivity contribution >= 4 is 11.8 Å². The second-order valence-electron chi connectivity index (χ2n) is 6.30. The Bertz CT molecular complexity index is 724. The smallest absolute Gasteiger partial charge is 0.254 e. The number of nitrogens with zero attached hydrogens (tertiary/aromatic N) is 1. The number of likely N-dealkylation sites (N-methyl/N-ethyl adjacent to an activating group) is 1. The van der Waals surface area contributed by atoms with E-state index in [1.807, 2.05) is 30.3 Å². The Labute approximate surface area is 147 Å². The predicted octanol–water partition coefficient (Wildman–Crippen LogP) is 2.62. The van der Waals surface area contributed by atoms with Crippen molar-refractivity contribution in [3.05, 3.63) is 65.7 Å². The summed E-state index contributed by atoms with van der Waals surface area (Å²) < 4.78 is 5.71. The van der Waals surface area contributed by atoms with E-state index in [1.54, 1.807) is 31.3 Å². The van der Waals surface area contributed by atoms with Gasteiger partial charge in [0.25, 0.3) is 5.91 Å². The van der Waals surface area contributed by atoms with Crippen molar-refractivity contribution < 1.29 is 14.3 Å². The van der Waals surface area contributed by atoms with Crippen LogP contribution in [-0.4, -0.2) is 36.3 Å². The van der Waals surface area contributed by atoms with Crippen LogP contribution in [0.2, 0.25) is 0 Å². The highest BCUT2D eigenvalue weighted by Gasteiger charge is 2.24. The molecule has 0 unspecified atom stereocenters. The molecule has 0 aliphatic heterocycles. The number of rotatable bonds is 7. The minimum atomic E-state index is -0.180. The topological polar surface area (TPSA) is 58.6 Å². The summed E-state index contributed by atoms with van der Waals surface area (Å²) in [6.07, 6.45) is 2.07. The lowest BCUT2D eigenvalue weighted by Gasteiger charge is -2.17. The third-order valence-electron chi connectivity index (χ3n) is 4.02. The van der Waals surface area contributed by atoms with Gasteiger partial charge >= 0.3 is 0 Å².